The molecule has 0 N–H and O–H groups in total. The Morgan fingerprint density at radius 3 is 2.60 bits per heavy atom. The van der Waals surface area contributed by atoms with Crippen LogP contribution in [0.4, 0.5) is 0 Å². The maximum Gasteiger partial charge on any atom is 0.316 e. The summed E-state index contributed by atoms with van der Waals surface area (Å²) in [6.07, 6.45) is 3.17. The molecule has 0 radical (unpaired) electrons. The van der Waals surface area contributed by atoms with E-state index in [9.17, 15) is 0 Å². The minimum atomic E-state index is 0.298. The Bertz CT molecular complexity index is 722. The van der Waals surface area contributed by atoms with Gasteiger partial charge in [-0.15, -0.1) is 0 Å². The highest BCUT2D eigenvalue weighted by Crippen LogP contribution is 2.22. The fraction of sp³-hybridized carbons (Fsp3) is 0.143. The molecule has 100 valence electrons. The second kappa shape index (κ2) is 5.08. The van der Waals surface area contributed by atoms with Crippen LogP contribution in [0.1, 0.15) is 5.56 Å². The van der Waals surface area contributed by atoms with Crippen molar-refractivity contribution in [2.45, 2.75) is 6.92 Å². The Kier molecular flexibility index (Phi) is 3.12. The predicted molar refractivity (Wildman–Crippen MR) is 72.0 cm³/mol. The first-order chi connectivity index (χ1) is 9.76. The average Bonchev–Trinajstić information content (AvgIpc) is 2.97. The first-order valence-electron chi connectivity index (χ1n) is 6.03. The van der Waals surface area contributed by atoms with Crippen LogP contribution in [0.25, 0.3) is 22.8 Å². The Labute approximate surface area is 115 Å². The molecule has 6 heteroatoms. The van der Waals surface area contributed by atoms with E-state index < -0.39 is 0 Å². The first-order valence-corrected chi connectivity index (χ1v) is 6.03. The number of hydrogen-bond acceptors (Lipinski definition) is 6. The second-order valence-corrected chi connectivity index (χ2v) is 4.25. The number of rotatable bonds is 3. The summed E-state index contributed by atoms with van der Waals surface area (Å²) in [6, 6.07) is 8.21. The van der Waals surface area contributed by atoms with E-state index >= 15 is 0 Å². The molecular weight excluding hydrogens is 256 g/mol. The molecule has 0 amide bonds. The molecule has 0 aliphatic rings. The van der Waals surface area contributed by atoms with Gasteiger partial charge in [0.15, 0.2) is 0 Å². The fourth-order valence-corrected chi connectivity index (χ4v) is 1.77. The third kappa shape index (κ3) is 2.35. The number of aromatic nitrogens is 4. The average molecular weight is 268 g/mol. The van der Waals surface area contributed by atoms with Crippen molar-refractivity contribution in [1.29, 1.82) is 0 Å². The molecule has 0 saturated heterocycles. The van der Waals surface area contributed by atoms with Crippen molar-refractivity contribution in [1.82, 2.24) is 20.1 Å². The molecule has 0 aliphatic heterocycles. The summed E-state index contributed by atoms with van der Waals surface area (Å²) in [5.74, 6) is 0.920. The lowest BCUT2D eigenvalue weighted by Gasteiger charge is -1.96. The Morgan fingerprint density at radius 2 is 1.90 bits per heavy atom. The number of ether oxygens (including phenoxy) is 1. The number of nitrogens with zero attached hydrogens (tertiary/aromatic N) is 4. The molecule has 0 saturated carbocycles. The minimum Gasteiger partial charge on any atom is -0.467 e. The van der Waals surface area contributed by atoms with E-state index in [-0.39, 0.29) is 0 Å². The molecule has 6 nitrogen and oxygen atoms in total. The van der Waals surface area contributed by atoms with E-state index in [1.807, 2.05) is 31.2 Å². The van der Waals surface area contributed by atoms with Gasteiger partial charge < -0.3 is 9.26 Å². The van der Waals surface area contributed by atoms with Gasteiger partial charge in [0.05, 0.1) is 12.7 Å². The van der Waals surface area contributed by atoms with Crippen LogP contribution in [0.5, 0.6) is 6.01 Å². The molecule has 0 bridgehead atoms. The zero-order valence-electron chi connectivity index (χ0n) is 11.1. The van der Waals surface area contributed by atoms with E-state index in [1.165, 1.54) is 7.11 Å². The second-order valence-electron chi connectivity index (χ2n) is 4.25. The van der Waals surface area contributed by atoms with Crippen molar-refractivity contribution in [2.75, 3.05) is 7.11 Å². The van der Waals surface area contributed by atoms with Gasteiger partial charge in [0, 0.05) is 18.0 Å². The van der Waals surface area contributed by atoms with E-state index in [0.717, 1.165) is 11.1 Å². The molecule has 3 rings (SSSR count). The van der Waals surface area contributed by atoms with Crippen LogP contribution in [0.2, 0.25) is 0 Å². The summed E-state index contributed by atoms with van der Waals surface area (Å²) < 4.78 is 10.1. The SMILES string of the molecule is COc1ncc(-c2nc(-c3cccc(C)c3)no2)cn1. The predicted octanol–water partition coefficient (Wildman–Crippen LogP) is 2.51. The first kappa shape index (κ1) is 12.3. The van der Waals surface area contributed by atoms with E-state index in [1.54, 1.807) is 12.4 Å². The zero-order chi connectivity index (χ0) is 13.9. The van der Waals surface area contributed by atoms with Crippen LogP contribution in [0.3, 0.4) is 0 Å². The molecule has 0 aliphatic carbocycles. The Hall–Kier alpha value is -2.76. The monoisotopic (exact) mass is 268 g/mol. The van der Waals surface area contributed by atoms with Crippen molar-refractivity contribution >= 4 is 0 Å². The van der Waals surface area contributed by atoms with Crippen LogP contribution < -0.4 is 4.74 Å². The lowest BCUT2D eigenvalue weighted by molar-refractivity contribution is 0.379. The van der Waals surface area contributed by atoms with Crippen molar-refractivity contribution in [2.24, 2.45) is 0 Å². The zero-order valence-corrected chi connectivity index (χ0v) is 11.1. The van der Waals surface area contributed by atoms with Crippen molar-refractivity contribution in [3.05, 3.63) is 42.2 Å². The van der Waals surface area contributed by atoms with Gasteiger partial charge in [-0.2, -0.15) is 4.98 Å². The quantitative estimate of drug-likeness (QED) is 0.726. The maximum atomic E-state index is 5.24. The van der Waals surface area contributed by atoms with Gasteiger partial charge in [0.1, 0.15) is 0 Å². The highest BCUT2D eigenvalue weighted by molar-refractivity contribution is 5.59. The van der Waals surface area contributed by atoms with Crippen LogP contribution in [0, 0.1) is 6.92 Å². The lowest BCUT2D eigenvalue weighted by atomic mass is 10.1. The highest BCUT2D eigenvalue weighted by Gasteiger charge is 2.11. The summed E-state index contributed by atoms with van der Waals surface area (Å²) in [5.41, 5.74) is 2.70. The van der Waals surface area contributed by atoms with E-state index in [0.29, 0.717) is 23.3 Å². The van der Waals surface area contributed by atoms with E-state index in [4.69, 9.17) is 9.26 Å². The number of benzene rings is 1. The van der Waals surface area contributed by atoms with Crippen LogP contribution in [0.15, 0.2) is 41.2 Å². The third-order valence-electron chi connectivity index (χ3n) is 2.76. The smallest absolute Gasteiger partial charge is 0.316 e. The molecular formula is C14H12N4O2. The summed E-state index contributed by atoms with van der Waals surface area (Å²) in [7, 11) is 1.51. The van der Waals surface area contributed by atoms with E-state index in [2.05, 4.69) is 20.1 Å². The largest absolute Gasteiger partial charge is 0.467 e. The Balaban J connectivity index is 1.93. The molecule has 2 heterocycles. The van der Waals surface area contributed by atoms with Crippen molar-refractivity contribution in [3.8, 4) is 28.9 Å². The number of aryl methyl sites for hydroxylation is 1. The molecule has 0 unspecified atom stereocenters. The molecule has 1 aromatic carbocycles. The molecule has 20 heavy (non-hydrogen) atoms. The summed E-state index contributed by atoms with van der Waals surface area (Å²) in [4.78, 5) is 12.4. The molecule has 3 aromatic rings. The summed E-state index contributed by atoms with van der Waals surface area (Å²) in [6.45, 7) is 2.02. The maximum absolute atomic E-state index is 5.24. The summed E-state index contributed by atoms with van der Waals surface area (Å²) >= 11 is 0. The van der Waals surface area contributed by atoms with Crippen molar-refractivity contribution in [3.63, 3.8) is 0 Å². The van der Waals surface area contributed by atoms with Crippen molar-refractivity contribution < 1.29 is 9.26 Å². The molecule has 0 atom stereocenters. The Morgan fingerprint density at radius 1 is 1.10 bits per heavy atom. The van der Waals surface area contributed by atoms with Gasteiger partial charge in [0.25, 0.3) is 5.89 Å². The normalized spacial score (nSPS) is 10.5. The standard InChI is InChI=1S/C14H12N4O2/c1-9-4-3-5-10(6-9)12-17-13(20-18-12)11-7-15-14(19-2)16-8-11/h3-8H,1-2H3. The number of methoxy groups -OCH3 is 1. The van der Waals surface area contributed by atoms with Crippen LogP contribution >= 0.6 is 0 Å². The van der Waals surface area contributed by atoms with Crippen LogP contribution in [-0.4, -0.2) is 27.2 Å². The fourth-order valence-electron chi connectivity index (χ4n) is 1.77. The van der Waals surface area contributed by atoms with Crippen LogP contribution in [-0.2, 0) is 0 Å². The van der Waals surface area contributed by atoms with Gasteiger partial charge in [-0.1, -0.05) is 28.9 Å². The molecule has 0 fully saturated rings. The summed E-state index contributed by atoms with van der Waals surface area (Å²) in [5, 5.41) is 3.97. The lowest BCUT2D eigenvalue weighted by Crippen LogP contribution is -1.91. The van der Waals surface area contributed by atoms with Gasteiger partial charge in [-0.3, -0.25) is 0 Å². The minimum absolute atomic E-state index is 0.298. The van der Waals surface area contributed by atoms with Gasteiger partial charge in [0.2, 0.25) is 5.82 Å². The van der Waals surface area contributed by atoms with Gasteiger partial charge in [-0.05, 0) is 13.0 Å². The third-order valence-corrected chi connectivity index (χ3v) is 2.76. The number of hydrogen-bond donors (Lipinski definition) is 0. The molecule has 2 aromatic heterocycles. The van der Waals surface area contributed by atoms with Gasteiger partial charge in [-0.25, -0.2) is 9.97 Å². The highest BCUT2D eigenvalue weighted by atomic mass is 16.5. The topological polar surface area (TPSA) is 73.9 Å². The van der Waals surface area contributed by atoms with Gasteiger partial charge >= 0.3 is 6.01 Å². The molecule has 0 spiro atoms.